The molecule has 2 heterocycles. The van der Waals surface area contributed by atoms with Gasteiger partial charge in [0.25, 0.3) is 10.0 Å². The number of ether oxygens (including phenoxy) is 1. The fourth-order valence-corrected chi connectivity index (χ4v) is 6.05. The van der Waals surface area contributed by atoms with E-state index >= 15 is 0 Å². The molecule has 0 bridgehead atoms. The molecule has 35 heavy (non-hydrogen) atoms. The van der Waals surface area contributed by atoms with E-state index in [0.717, 1.165) is 14.3 Å². The number of nitrogens with zero attached hydrogens (tertiary/aromatic N) is 3. The van der Waals surface area contributed by atoms with E-state index in [1.54, 1.807) is 43.3 Å². The van der Waals surface area contributed by atoms with Crippen LogP contribution in [0.4, 0.5) is 17.3 Å². The predicted molar refractivity (Wildman–Crippen MR) is 135 cm³/mol. The monoisotopic (exact) mass is 555 g/mol. The average molecular weight is 556 g/mol. The number of nitrogen functional groups attached to an aromatic ring is 2. The summed E-state index contributed by atoms with van der Waals surface area (Å²) in [6.45, 7) is 3.50. The highest BCUT2D eigenvalue weighted by Crippen LogP contribution is 2.50. The maximum Gasteiger partial charge on any atom is 0.331 e. The van der Waals surface area contributed by atoms with Crippen molar-refractivity contribution >= 4 is 49.2 Å². The Labute approximate surface area is 211 Å². The fourth-order valence-electron chi connectivity index (χ4n) is 4.21. The number of carbonyl (C=O) groups is 1. The normalized spacial score (nSPS) is 17.0. The van der Waals surface area contributed by atoms with Crippen LogP contribution in [-0.2, 0) is 19.6 Å². The largest absolute Gasteiger partial charge is 0.464 e. The first-order valence-corrected chi connectivity index (χ1v) is 12.9. The summed E-state index contributed by atoms with van der Waals surface area (Å²) in [5.41, 5.74) is 14.0. The minimum atomic E-state index is -4.32. The number of halogens is 1. The molecule has 1 aromatic heterocycles. The number of aromatic nitrogens is 1. The lowest BCUT2D eigenvalue weighted by Gasteiger charge is -2.27. The second-order valence-corrected chi connectivity index (χ2v) is 10.7. The summed E-state index contributed by atoms with van der Waals surface area (Å²) in [7, 11) is -4.32. The third-order valence-corrected chi connectivity index (χ3v) is 8.13. The van der Waals surface area contributed by atoms with Gasteiger partial charge in [0.2, 0.25) is 0 Å². The van der Waals surface area contributed by atoms with Crippen LogP contribution in [0.3, 0.4) is 0 Å². The van der Waals surface area contributed by atoms with Gasteiger partial charge in [-0.3, -0.25) is 0 Å². The Morgan fingerprint density at radius 3 is 2.37 bits per heavy atom. The van der Waals surface area contributed by atoms with Gasteiger partial charge in [-0.05, 0) is 43.7 Å². The highest BCUT2D eigenvalue weighted by atomic mass is 79.9. The van der Waals surface area contributed by atoms with Crippen molar-refractivity contribution in [1.82, 2.24) is 4.98 Å². The molecule has 1 aliphatic rings. The van der Waals surface area contributed by atoms with Gasteiger partial charge in [0, 0.05) is 16.0 Å². The number of hydrogen-bond acceptors (Lipinski definition) is 8. The molecule has 0 spiro atoms. The van der Waals surface area contributed by atoms with E-state index in [1.165, 1.54) is 12.1 Å². The molecule has 0 saturated carbocycles. The molecule has 0 saturated heterocycles. The molecule has 4 N–H and O–H groups in total. The van der Waals surface area contributed by atoms with Crippen molar-refractivity contribution in [3.8, 4) is 6.07 Å². The van der Waals surface area contributed by atoms with Crippen LogP contribution < -0.4 is 15.8 Å². The highest BCUT2D eigenvalue weighted by molar-refractivity contribution is 9.10. The number of carbonyl (C=O) groups excluding carboxylic acids is 1. The van der Waals surface area contributed by atoms with Crippen molar-refractivity contribution in [1.29, 1.82) is 5.26 Å². The van der Waals surface area contributed by atoms with Crippen molar-refractivity contribution < 1.29 is 17.9 Å². The Hall–Kier alpha value is -3.62. The average Bonchev–Trinajstić information content (AvgIpc) is 3.16. The van der Waals surface area contributed by atoms with Crippen LogP contribution in [0.25, 0.3) is 0 Å². The quantitative estimate of drug-likeness (QED) is 0.454. The Bertz CT molecular complexity index is 1450. The Balaban J connectivity index is 2.07. The van der Waals surface area contributed by atoms with Gasteiger partial charge in [0.1, 0.15) is 17.5 Å². The minimum absolute atomic E-state index is 0.0289. The molecular weight excluding hydrogens is 534 g/mol. The lowest BCUT2D eigenvalue weighted by molar-refractivity contribution is -0.144. The highest BCUT2D eigenvalue weighted by Gasteiger charge is 2.52. The molecule has 2 aromatic carbocycles. The van der Waals surface area contributed by atoms with E-state index in [4.69, 9.17) is 16.2 Å². The maximum atomic E-state index is 14.0. The number of esters is 1. The van der Waals surface area contributed by atoms with Crippen LogP contribution in [0.2, 0.25) is 0 Å². The standard InChI is InChI=1S/C24H22BrN5O4S/c1-3-34-24(31)21-18(14-6-8-15(25)9-7-14)19-20(27)17(12-26)22(28)29-23(19)30(21)35(32,33)16-10-4-13(2)5-11-16/h4-11,18,21H,3H2,1-2H3,(H4,27,28,29). The summed E-state index contributed by atoms with van der Waals surface area (Å²) in [5, 5.41) is 9.63. The molecule has 11 heteroatoms. The van der Waals surface area contributed by atoms with Gasteiger partial charge in [0.05, 0.1) is 17.2 Å². The SMILES string of the molecule is CCOC(=O)C1C(c2ccc(Br)cc2)c2c(nc(N)c(C#N)c2N)N1S(=O)(=O)c1ccc(C)cc1. The summed E-state index contributed by atoms with van der Waals surface area (Å²) in [6, 6.07) is 13.8. The lowest BCUT2D eigenvalue weighted by atomic mass is 9.87. The first-order chi connectivity index (χ1) is 16.6. The summed E-state index contributed by atoms with van der Waals surface area (Å²) < 4.78 is 35.0. The van der Waals surface area contributed by atoms with Crippen molar-refractivity contribution in [2.45, 2.75) is 30.7 Å². The minimum Gasteiger partial charge on any atom is -0.464 e. The summed E-state index contributed by atoms with van der Waals surface area (Å²) in [6.07, 6.45) is 0. The first-order valence-electron chi connectivity index (χ1n) is 10.6. The molecule has 0 aliphatic carbocycles. The van der Waals surface area contributed by atoms with Crippen molar-refractivity contribution in [3.05, 3.63) is 75.3 Å². The molecule has 9 nitrogen and oxygen atoms in total. The second-order valence-electron chi connectivity index (χ2n) is 7.97. The van der Waals surface area contributed by atoms with E-state index in [1.807, 2.05) is 13.0 Å². The third-order valence-electron chi connectivity index (χ3n) is 5.82. The van der Waals surface area contributed by atoms with E-state index in [9.17, 15) is 18.5 Å². The maximum absolute atomic E-state index is 14.0. The molecule has 180 valence electrons. The molecule has 1 aliphatic heterocycles. The number of aryl methyl sites for hydroxylation is 1. The summed E-state index contributed by atoms with van der Waals surface area (Å²) >= 11 is 3.39. The molecule has 0 amide bonds. The van der Waals surface area contributed by atoms with E-state index < -0.39 is 28.0 Å². The van der Waals surface area contributed by atoms with Crippen molar-refractivity contribution in [2.75, 3.05) is 22.4 Å². The zero-order valence-electron chi connectivity index (χ0n) is 18.9. The summed E-state index contributed by atoms with van der Waals surface area (Å²) in [5.74, 6) is -2.00. The molecule has 0 fully saturated rings. The Morgan fingerprint density at radius 1 is 1.17 bits per heavy atom. The van der Waals surface area contributed by atoms with Gasteiger partial charge in [-0.15, -0.1) is 0 Å². The number of benzene rings is 2. The fraction of sp³-hybridized carbons (Fsp3) is 0.208. The number of rotatable bonds is 5. The number of sulfonamides is 1. The van der Waals surface area contributed by atoms with Crippen LogP contribution in [0, 0.1) is 18.3 Å². The number of pyridine rings is 1. The van der Waals surface area contributed by atoms with Crippen molar-refractivity contribution in [3.63, 3.8) is 0 Å². The van der Waals surface area contributed by atoms with Gasteiger partial charge < -0.3 is 16.2 Å². The Kier molecular flexibility index (Phi) is 6.44. The lowest BCUT2D eigenvalue weighted by Crippen LogP contribution is -2.45. The van der Waals surface area contributed by atoms with Crippen molar-refractivity contribution in [2.24, 2.45) is 0 Å². The van der Waals surface area contributed by atoms with Gasteiger partial charge in [-0.2, -0.15) is 5.26 Å². The second kappa shape index (κ2) is 9.20. The van der Waals surface area contributed by atoms with E-state index in [0.29, 0.717) is 5.56 Å². The molecule has 0 radical (unpaired) electrons. The molecule has 2 unspecified atom stereocenters. The van der Waals surface area contributed by atoms with Gasteiger partial charge in [0.15, 0.2) is 11.9 Å². The van der Waals surface area contributed by atoms with Gasteiger partial charge in [-0.1, -0.05) is 45.8 Å². The zero-order chi connectivity index (χ0) is 25.5. The van der Waals surface area contributed by atoms with Crippen LogP contribution in [-0.4, -0.2) is 32.0 Å². The van der Waals surface area contributed by atoms with E-state index in [-0.39, 0.29) is 40.0 Å². The topological polar surface area (TPSA) is 152 Å². The van der Waals surface area contributed by atoms with Gasteiger partial charge in [-0.25, -0.2) is 22.5 Å². The van der Waals surface area contributed by atoms with Crippen LogP contribution in [0.1, 0.15) is 35.1 Å². The molecule has 4 rings (SSSR count). The van der Waals surface area contributed by atoms with Gasteiger partial charge >= 0.3 is 5.97 Å². The summed E-state index contributed by atoms with van der Waals surface area (Å²) in [4.78, 5) is 17.6. The van der Waals surface area contributed by atoms with Crippen LogP contribution >= 0.6 is 15.9 Å². The first kappa shape index (κ1) is 24.5. The predicted octanol–water partition coefficient (Wildman–Crippen LogP) is 3.46. The molecule has 3 aromatic rings. The third kappa shape index (κ3) is 4.09. The number of fused-ring (bicyclic) bond motifs is 1. The smallest absolute Gasteiger partial charge is 0.331 e. The van der Waals surface area contributed by atoms with Crippen LogP contribution in [0.15, 0.2) is 57.9 Å². The van der Waals surface area contributed by atoms with E-state index in [2.05, 4.69) is 20.9 Å². The zero-order valence-corrected chi connectivity index (χ0v) is 21.3. The number of nitrogens with two attached hydrogens (primary N) is 2. The number of hydrogen-bond donors (Lipinski definition) is 2. The number of nitriles is 1. The van der Waals surface area contributed by atoms with Crippen LogP contribution in [0.5, 0.6) is 0 Å². The Morgan fingerprint density at radius 2 is 1.80 bits per heavy atom. The molecule has 2 atom stereocenters. The molecular formula is C24H22BrN5O4S. The number of anilines is 3.